The van der Waals surface area contributed by atoms with Crippen LogP contribution in [0.3, 0.4) is 0 Å². The summed E-state index contributed by atoms with van der Waals surface area (Å²) in [5.74, 6) is 1.41. The zero-order valence-electron chi connectivity index (χ0n) is 18.0. The Kier molecular flexibility index (Phi) is 7.70. The number of carbonyl (C=O) groups excluding carboxylic acids is 1. The van der Waals surface area contributed by atoms with Crippen LogP contribution in [0.1, 0.15) is 32.4 Å². The number of likely N-dealkylation sites (tertiary alicyclic amines) is 1. The Labute approximate surface area is 177 Å². The summed E-state index contributed by atoms with van der Waals surface area (Å²) >= 11 is 0. The van der Waals surface area contributed by atoms with Gasteiger partial charge in [0.2, 0.25) is 0 Å². The van der Waals surface area contributed by atoms with E-state index < -0.39 is 0 Å². The molecule has 0 aliphatic carbocycles. The van der Waals surface area contributed by atoms with Gasteiger partial charge in [-0.05, 0) is 57.0 Å². The molecule has 1 N–H and O–H groups in total. The van der Waals surface area contributed by atoms with Gasteiger partial charge in [-0.2, -0.15) is 5.10 Å². The predicted molar refractivity (Wildman–Crippen MR) is 116 cm³/mol. The monoisotopic (exact) mass is 413 g/mol. The number of rotatable bonds is 7. The Morgan fingerprint density at radius 1 is 1.27 bits per heavy atom. The number of methoxy groups -OCH3 is 1. The van der Waals surface area contributed by atoms with E-state index in [1.165, 1.54) is 0 Å². The fourth-order valence-corrected chi connectivity index (χ4v) is 3.53. The van der Waals surface area contributed by atoms with E-state index in [2.05, 4.69) is 15.3 Å². The summed E-state index contributed by atoms with van der Waals surface area (Å²) in [5.41, 5.74) is 1.84. The van der Waals surface area contributed by atoms with Crippen molar-refractivity contribution in [3.8, 4) is 11.4 Å². The van der Waals surface area contributed by atoms with Crippen LogP contribution in [0.2, 0.25) is 0 Å². The molecular weight excluding hydrogens is 382 g/mol. The maximum absolute atomic E-state index is 12.2. The second-order valence-electron chi connectivity index (χ2n) is 7.16. The van der Waals surface area contributed by atoms with Crippen molar-refractivity contribution in [2.45, 2.75) is 33.2 Å². The minimum atomic E-state index is -0.115. The van der Waals surface area contributed by atoms with Crippen LogP contribution >= 0.6 is 0 Å². The van der Waals surface area contributed by atoms with E-state index in [1.807, 2.05) is 55.1 Å². The molecular formula is C22H31N5O3. The van der Waals surface area contributed by atoms with Crippen molar-refractivity contribution < 1.29 is 14.3 Å². The Hall–Kier alpha value is -3.03. The highest BCUT2D eigenvalue weighted by Gasteiger charge is 2.28. The lowest BCUT2D eigenvalue weighted by atomic mass is 9.98. The van der Waals surface area contributed by atoms with Gasteiger partial charge in [0.1, 0.15) is 5.75 Å². The number of aliphatic imine (C=N–C) groups is 1. The van der Waals surface area contributed by atoms with Crippen LogP contribution in [0.4, 0.5) is 0 Å². The number of benzene rings is 1. The largest absolute Gasteiger partial charge is 0.497 e. The van der Waals surface area contributed by atoms with Crippen molar-refractivity contribution in [1.82, 2.24) is 20.0 Å². The first kappa shape index (κ1) is 21.7. The average Bonchev–Trinajstić information content (AvgIpc) is 3.26. The fraction of sp³-hybridized carbons (Fsp3) is 0.500. The lowest BCUT2D eigenvalue weighted by Crippen LogP contribution is -2.48. The van der Waals surface area contributed by atoms with Gasteiger partial charge < -0.3 is 19.7 Å². The lowest BCUT2D eigenvalue weighted by Gasteiger charge is -2.33. The third-order valence-electron chi connectivity index (χ3n) is 5.05. The second-order valence-corrected chi connectivity index (χ2v) is 7.16. The number of hydrogen-bond acceptors (Lipinski definition) is 5. The number of ether oxygens (including phenoxy) is 2. The summed E-state index contributed by atoms with van der Waals surface area (Å²) in [5, 5.41) is 7.97. The minimum absolute atomic E-state index is 0.100. The van der Waals surface area contributed by atoms with Gasteiger partial charge in [0.15, 0.2) is 5.96 Å². The Balaban J connectivity index is 1.67. The summed E-state index contributed by atoms with van der Waals surface area (Å²) in [6.45, 7) is 7.04. The lowest BCUT2D eigenvalue weighted by molar-refractivity contribution is -0.149. The first-order chi connectivity index (χ1) is 14.6. The third kappa shape index (κ3) is 5.52. The van der Waals surface area contributed by atoms with E-state index in [9.17, 15) is 4.79 Å². The molecule has 2 aromatic rings. The number of aromatic nitrogens is 2. The molecule has 1 aliphatic heterocycles. The molecule has 1 unspecified atom stereocenters. The van der Waals surface area contributed by atoms with Gasteiger partial charge in [-0.3, -0.25) is 4.79 Å². The highest BCUT2D eigenvalue weighted by molar-refractivity contribution is 5.81. The van der Waals surface area contributed by atoms with Crippen LogP contribution in [-0.4, -0.2) is 60.0 Å². The molecule has 1 aliphatic rings. The summed E-state index contributed by atoms with van der Waals surface area (Å²) < 4.78 is 12.2. The van der Waals surface area contributed by atoms with E-state index in [1.54, 1.807) is 7.11 Å². The van der Waals surface area contributed by atoms with Crippen LogP contribution in [0, 0.1) is 5.92 Å². The van der Waals surface area contributed by atoms with Gasteiger partial charge in [-0.15, -0.1) is 0 Å². The van der Waals surface area contributed by atoms with E-state index in [0.717, 1.165) is 49.0 Å². The molecule has 0 saturated carbocycles. The number of nitrogens with zero attached hydrogens (tertiary/aromatic N) is 4. The van der Waals surface area contributed by atoms with Gasteiger partial charge in [-0.25, -0.2) is 9.67 Å². The van der Waals surface area contributed by atoms with Crippen molar-refractivity contribution in [3.05, 3.63) is 42.2 Å². The standard InChI is InChI=1S/C22H31N5O3/c1-4-23-22(26-13-6-7-17(16-26)21(28)30-5-2)24-15-18-12-14-27(25-18)19-8-10-20(29-3)11-9-19/h8-12,14,17H,4-7,13,15-16H2,1-3H3,(H,23,24). The van der Waals surface area contributed by atoms with Gasteiger partial charge in [-0.1, -0.05) is 0 Å². The molecule has 0 spiro atoms. The molecule has 2 heterocycles. The van der Waals surface area contributed by atoms with Crippen molar-refractivity contribution in [1.29, 1.82) is 0 Å². The van der Waals surface area contributed by atoms with Crippen LogP contribution < -0.4 is 10.1 Å². The molecule has 1 fully saturated rings. The zero-order chi connectivity index (χ0) is 21.3. The molecule has 1 aromatic carbocycles. The predicted octanol–water partition coefficient (Wildman–Crippen LogP) is 2.62. The van der Waals surface area contributed by atoms with Crippen molar-refractivity contribution in [2.24, 2.45) is 10.9 Å². The minimum Gasteiger partial charge on any atom is -0.497 e. The number of carbonyl (C=O) groups is 1. The number of piperidine rings is 1. The molecule has 1 saturated heterocycles. The highest BCUT2D eigenvalue weighted by atomic mass is 16.5. The molecule has 0 amide bonds. The van der Waals surface area contributed by atoms with Crippen LogP contribution in [0.15, 0.2) is 41.5 Å². The summed E-state index contributed by atoms with van der Waals surface area (Å²) in [6.07, 6.45) is 3.73. The van der Waals surface area contributed by atoms with E-state index in [-0.39, 0.29) is 11.9 Å². The second kappa shape index (κ2) is 10.7. The Morgan fingerprint density at radius 3 is 2.77 bits per heavy atom. The van der Waals surface area contributed by atoms with Crippen LogP contribution in [-0.2, 0) is 16.1 Å². The van der Waals surface area contributed by atoms with Crippen molar-refractivity contribution >= 4 is 11.9 Å². The summed E-state index contributed by atoms with van der Waals surface area (Å²) in [4.78, 5) is 19.1. The zero-order valence-corrected chi connectivity index (χ0v) is 18.0. The number of guanidine groups is 1. The molecule has 8 heteroatoms. The summed E-state index contributed by atoms with van der Waals surface area (Å²) in [7, 11) is 1.65. The molecule has 8 nitrogen and oxygen atoms in total. The SMILES string of the molecule is CCNC(=NCc1ccn(-c2ccc(OC)cc2)n1)N1CCCC(C(=O)OCC)C1. The molecule has 162 valence electrons. The van der Waals surface area contributed by atoms with Crippen molar-refractivity contribution in [2.75, 3.05) is 33.4 Å². The number of esters is 1. The quantitative estimate of drug-likeness (QED) is 0.427. The van der Waals surface area contributed by atoms with Gasteiger partial charge in [0.05, 0.1) is 37.6 Å². The first-order valence-corrected chi connectivity index (χ1v) is 10.5. The fourth-order valence-electron chi connectivity index (χ4n) is 3.53. The third-order valence-corrected chi connectivity index (χ3v) is 5.05. The molecule has 30 heavy (non-hydrogen) atoms. The van der Waals surface area contributed by atoms with Crippen LogP contribution in [0.25, 0.3) is 5.69 Å². The van der Waals surface area contributed by atoms with Gasteiger partial charge in [0.25, 0.3) is 0 Å². The molecule has 1 aromatic heterocycles. The average molecular weight is 414 g/mol. The first-order valence-electron chi connectivity index (χ1n) is 10.5. The number of hydrogen-bond donors (Lipinski definition) is 1. The van der Waals surface area contributed by atoms with E-state index in [4.69, 9.17) is 14.5 Å². The summed E-state index contributed by atoms with van der Waals surface area (Å²) in [6, 6.07) is 9.72. The van der Waals surface area contributed by atoms with E-state index >= 15 is 0 Å². The molecule has 0 bridgehead atoms. The van der Waals surface area contributed by atoms with Crippen LogP contribution in [0.5, 0.6) is 5.75 Å². The number of nitrogens with one attached hydrogen (secondary N) is 1. The van der Waals surface area contributed by atoms with Gasteiger partial charge >= 0.3 is 5.97 Å². The van der Waals surface area contributed by atoms with Gasteiger partial charge in [0, 0.05) is 25.8 Å². The molecule has 1 atom stereocenters. The van der Waals surface area contributed by atoms with Crippen molar-refractivity contribution in [3.63, 3.8) is 0 Å². The Bertz CT molecular complexity index is 847. The topological polar surface area (TPSA) is 81.0 Å². The smallest absolute Gasteiger partial charge is 0.310 e. The Morgan fingerprint density at radius 2 is 2.07 bits per heavy atom. The normalized spacial score (nSPS) is 17.0. The molecule has 3 rings (SSSR count). The molecule has 0 radical (unpaired) electrons. The maximum atomic E-state index is 12.2. The maximum Gasteiger partial charge on any atom is 0.310 e. The van der Waals surface area contributed by atoms with E-state index in [0.29, 0.717) is 19.7 Å². The highest BCUT2D eigenvalue weighted by Crippen LogP contribution is 2.19.